The van der Waals surface area contributed by atoms with E-state index in [0.29, 0.717) is 22.7 Å². The average Bonchev–Trinajstić information content (AvgIpc) is 2.71. The molecule has 0 aliphatic heterocycles. The number of nitrogens with zero attached hydrogens (tertiary/aromatic N) is 1. The first kappa shape index (κ1) is 10.8. The van der Waals surface area contributed by atoms with E-state index >= 15 is 0 Å². The molecule has 1 aromatic heterocycles. The molecular formula is C14H11FN2O. The number of hydrogen-bond donors (Lipinski definition) is 1. The molecule has 0 fully saturated rings. The molecule has 0 aliphatic rings. The molecule has 2 aromatic carbocycles. The summed E-state index contributed by atoms with van der Waals surface area (Å²) < 4.78 is 18.7. The van der Waals surface area contributed by atoms with Crippen molar-refractivity contribution in [2.75, 3.05) is 5.73 Å². The van der Waals surface area contributed by atoms with Gasteiger partial charge in [-0.3, -0.25) is 0 Å². The maximum atomic E-state index is 13.1. The molecular weight excluding hydrogens is 231 g/mol. The molecule has 4 heteroatoms. The smallest absolute Gasteiger partial charge is 0.229 e. The van der Waals surface area contributed by atoms with Crippen LogP contribution >= 0.6 is 0 Å². The molecule has 2 N–H and O–H groups in total. The van der Waals surface area contributed by atoms with E-state index in [0.717, 1.165) is 11.1 Å². The van der Waals surface area contributed by atoms with Gasteiger partial charge in [-0.15, -0.1) is 0 Å². The molecule has 1 heterocycles. The Morgan fingerprint density at radius 1 is 1.22 bits per heavy atom. The topological polar surface area (TPSA) is 52.0 Å². The highest BCUT2D eigenvalue weighted by Crippen LogP contribution is 2.31. The van der Waals surface area contributed by atoms with E-state index in [4.69, 9.17) is 10.2 Å². The Labute approximate surface area is 103 Å². The summed E-state index contributed by atoms with van der Waals surface area (Å²) in [6.45, 7) is 1.93. The van der Waals surface area contributed by atoms with Crippen molar-refractivity contribution in [2.24, 2.45) is 0 Å². The third-order valence-electron chi connectivity index (χ3n) is 2.87. The molecule has 0 amide bonds. The number of fused-ring (bicyclic) bond motifs is 1. The highest BCUT2D eigenvalue weighted by atomic mass is 19.1. The Balaban J connectivity index is 2.26. The predicted octanol–water partition coefficient (Wildman–Crippen LogP) is 3.52. The van der Waals surface area contributed by atoms with Crippen LogP contribution in [0, 0.1) is 12.7 Å². The molecule has 0 saturated carbocycles. The molecule has 0 atom stereocenters. The largest absolute Gasteiger partial charge is 0.436 e. The van der Waals surface area contributed by atoms with E-state index in [1.807, 2.05) is 19.1 Å². The summed E-state index contributed by atoms with van der Waals surface area (Å²) in [5.41, 5.74) is 9.31. The first-order valence-electron chi connectivity index (χ1n) is 5.57. The van der Waals surface area contributed by atoms with E-state index in [1.165, 1.54) is 12.1 Å². The van der Waals surface area contributed by atoms with Crippen LogP contribution in [0.4, 0.5) is 10.1 Å². The minimum absolute atomic E-state index is 0.344. The average molecular weight is 242 g/mol. The second-order valence-corrected chi connectivity index (χ2v) is 4.17. The van der Waals surface area contributed by atoms with E-state index in [9.17, 15) is 4.39 Å². The summed E-state index contributed by atoms with van der Waals surface area (Å²) in [4.78, 5) is 4.33. The molecule has 90 valence electrons. The van der Waals surface area contributed by atoms with Gasteiger partial charge in [-0.2, -0.15) is 0 Å². The van der Waals surface area contributed by atoms with E-state index in [-0.39, 0.29) is 5.82 Å². The van der Waals surface area contributed by atoms with Crippen molar-refractivity contribution in [3.63, 3.8) is 0 Å². The molecule has 0 radical (unpaired) electrons. The maximum absolute atomic E-state index is 13.1. The quantitative estimate of drug-likeness (QED) is 0.664. The Morgan fingerprint density at radius 2 is 2.06 bits per heavy atom. The van der Waals surface area contributed by atoms with Crippen LogP contribution < -0.4 is 5.73 Å². The standard InChI is InChI=1S/C14H11FN2O/c1-8-3-2-4-10(16)13(8)14-17-11-6-5-9(15)7-12(11)18-14/h2-7H,16H2,1H3. The maximum Gasteiger partial charge on any atom is 0.229 e. The number of nitrogens with two attached hydrogens (primary N) is 1. The highest BCUT2D eigenvalue weighted by molar-refractivity contribution is 5.80. The number of halogens is 1. The Hall–Kier alpha value is -2.36. The third kappa shape index (κ3) is 1.62. The molecule has 3 rings (SSSR count). The Kier molecular flexibility index (Phi) is 2.30. The van der Waals surface area contributed by atoms with Gasteiger partial charge in [0, 0.05) is 11.8 Å². The highest BCUT2D eigenvalue weighted by Gasteiger charge is 2.13. The summed E-state index contributed by atoms with van der Waals surface area (Å²) >= 11 is 0. The van der Waals surface area contributed by atoms with Gasteiger partial charge in [0.15, 0.2) is 5.58 Å². The lowest BCUT2D eigenvalue weighted by Gasteiger charge is -2.04. The van der Waals surface area contributed by atoms with E-state index in [2.05, 4.69) is 4.98 Å². The summed E-state index contributed by atoms with van der Waals surface area (Å²) in [6, 6.07) is 9.86. The van der Waals surface area contributed by atoms with Gasteiger partial charge in [0.1, 0.15) is 11.3 Å². The lowest BCUT2D eigenvalue weighted by molar-refractivity contribution is 0.602. The summed E-state index contributed by atoms with van der Waals surface area (Å²) in [7, 11) is 0. The van der Waals surface area contributed by atoms with Gasteiger partial charge in [0.05, 0.1) is 5.56 Å². The van der Waals surface area contributed by atoms with Gasteiger partial charge < -0.3 is 10.2 Å². The fourth-order valence-corrected chi connectivity index (χ4v) is 1.99. The van der Waals surface area contributed by atoms with Gasteiger partial charge >= 0.3 is 0 Å². The molecule has 0 bridgehead atoms. The van der Waals surface area contributed by atoms with Crippen LogP contribution in [0.2, 0.25) is 0 Å². The number of rotatable bonds is 1. The van der Waals surface area contributed by atoms with Crippen molar-refractivity contribution in [1.82, 2.24) is 4.98 Å². The molecule has 18 heavy (non-hydrogen) atoms. The predicted molar refractivity (Wildman–Crippen MR) is 68.6 cm³/mol. The summed E-state index contributed by atoms with van der Waals surface area (Å²) in [5.74, 6) is 0.0779. The van der Waals surface area contributed by atoms with Crippen molar-refractivity contribution in [3.8, 4) is 11.5 Å². The van der Waals surface area contributed by atoms with Crippen molar-refractivity contribution in [3.05, 3.63) is 47.8 Å². The van der Waals surface area contributed by atoms with Gasteiger partial charge in [0.2, 0.25) is 5.89 Å². The minimum atomic E-state index is -0.344. The molecule has 0 spiro atoms. The van der Waals surface area contributed by atoms with Gasteiger partial charge in [-0.05, 0) is 30.7 Å². The number of aryl methyl sites for hydroxylation is 1. The SMILES string of the molecule is Cc1cccc(N)c1-c1nc2ccc(F)cc2o1. The number of oxazole rings is 1. The Bertz CT molecular complexity index is 713. The van der Waals surface area contributed by atoms with Crippen LogP contribution in [0.1, 0.15) is 5.56 Å². The zero-order valence-electron chi connectivity index (χ0n) is 9.77. The lowest BCUT2D eigenvalue weighted by Crippen LogP contribution is -1.92. The fourth-order valence-electron chi connectivity index (χ4n) is 1.99. The van der Waals surface area contributed by atoms with Crippen LogP contribution in [0.3, 0.4) is 0 Å². The summed E-state index contributed by atoms with van der Waals surface area (Å²) in [6.07, 6.45) is 0. The first-order chi connectivity index (χ1) is 8.65. The van der Waals surface area contributed by atoms with Crippen molar-refractivity contribution in [1.29, 1.82) is 0 Å². The second kappa shape index (κ2) is 3.84. The van der Waals surface area contributed by atoms with Crippen LogP contribution in [0.15, 0.2) is 40.8 Å². The van der Waals surface area contributed by atoms with Crippen LogP contribution in [-0.4, -0.2) is 4.98 Å². The molecule has 0 saturated heterocycles. The van der Waals surface area contributed by atoms with Crippen LogP contribution in [0.5, 0.6) is 0 Å². The Morgan fingerprint density at radius 3 is 2.83 bits per heavy atom. The number of hydrogen-bond acceptors (Lipinski definition) is 3. The number of nitrogen functional groups attached to an aromatic ring is 1. The van der Waals surface area contributed by atoms with E-state index in [1.54, 1.807) is 12.1 Å². The zero-order valence-corrected chi connectivity index (χ0v) is 9.77. The van der Waals surface area contributed by atoms with E-state index < -0.39 is 0 Å². The fraction of sp³-hybridized carbons (Fsp3) is 0.0714. The third-order valence-corrected chi connectivity index (χ3v) is 2.87. The first-order valence-corrected chi connectivity index (χ1v) is 5.57. The van der Waals surface area contributed by atoms with Crippen molar-refractivity contribution >= 4 is 16.8 Å². The van der Waals surface area contributed by atoms with Gasteiger partial charge in [0.25, 0.3) is 0 Å². The molecule has 3 aromatic rings. The lowest BCUT2D eigenvalue weighted by atomic mass is 10.1. The summed E-state index contributed by atoms with van der Waals surface area (Å²) in [5, 5.41) is 0. The zero-order chi connectivity index (χ0) is 12.7. The molecule has 0 aliphatic carbocycles. The second-order valence-electron chi connectivity index (χ2n) is 4.17. The monoisotopic (exact) mass is 242 g/mol. The van der Waals surface area contributed by atoms with Crippen molar-refractivity contribution < 1.29 is 8.81 Å². The van der Waals surface area contributed by atoms with Crippen molar-refractivity contribution in [2.45, 2.75) is 6.92 Å². The number of aromatic nitrogens is 1. The normalized spacial score (nSPS) is 11.0. The minimum Gasteiger partial charge on any atom is -0.436 e. The number of benzene rings is 2. The van der Waals surface area contributed by atoms with Crippen LogP contribution in [-0.2, 0) is 0 Å². The number of anilines is 1. The van der Waals surface area contributed by atoms with Gasteiger partial charge in [-0.1, -0.05) is 12.1 Å². The van der Waals surface area contributed by atoms with Crippen LogP contribution in [0.25, 0.3) is 22.6 Å². The molecule has 0 unspecified atom stereocenters. The van der Waals surface area contributed by atoms with Gasteiger partial charge in [-0.25, -0.2) is 9.37 Å². The molecule has 3 nitrogen and oxygen atoms in total.